The van der Waals surface area contributed by atoms with Crippen molar-refractivity contribution in [3.63, 3.8) is 0 Å². The molecule has 0 atom stereocenters. The minimum absolute atomic E-state index is 0.0228. The number of nitro benzene ring substituents is 1. The van der Waals surface area contributed by atoms with Crippen LogP contribution >= 0.6 is 0 Å². The molecule has 0 saturated carbocycles. The van der Waals surface area contributed by atoms with Gasteiger partial charge < -0.3 is 9.26 Å². The fourth-order valence-electron chi connectivity index (χ4n) is 2.29. The average molecular weight is 325 g/mol. The molecule has 7 nitrogen and oxygen atoms in total. The molecule has 0 unspecified atom stereocenters. The van der Waals surface area contributed by atoms with Crippen LogP contribution in [0.3, 0.4) is 0 Å². The molecule has 0 fully saturated rings. The Kier molecular flexibility index (Phi) is 4.24. The van der Waals surface area contributed by atoms with Gasteiger partial charge in [-0.1, -0.05) is 35.0 Å². The summed E-state index contributed by atoms with van der Waals surface area (Å²) in [6, 6.07) is 12.0. The van der Waals surface area contributed by atoms with E-state index < -0.39 is 4.92 Å². The Morgan fingerprint density at radius 3 is 2.79 bits per heavy atom. The zero-order valence-electron chi connectivity index (χ0n) is 13.2. The first kappa shape index (κ1) is 15.7. The molecule has 0 saturated heterocycles. The second-order valence-electron chi connectivity index (χ2n) is 5.38. The van der Waals surface area contributed by atoms with Crippen molar-refractivity contribution in [2.24, 2.45) is 0 Å². The molecule has 1 heterocycles. The van der Waals surface area contributed by atoms with Crippen molar-refractivity contribution in [2.45, 2.75) is 20.5 Å². The van der Waals surface area contributed by atoms with Gasteiger partial charge in [0.2, 0.25) is 5.82 Å². The van der Waals surface area contributed by atoms with E-state index in [1.165, 1.54) is 12.1 Å². The summed E-state index contributed by atoms with van der Waals surface area (Å²) >= 11 is 0. The smallest absolute Gasteiger partial charge is 0.270 e. The Balaban J connectivity index is 1.74. The topological polar surface area (TPSA) is 91.3 Å². The number of aromatic nitrogens is 2. The van der Waals surface area contributed by atoms with Gasteiger partial charge in [-0.15, -0.1) is 0 Å². The molecular weight excluding hydrogens is 310 g/mol. The summed E-state index contributed by atoms with van der Waals surface area (Å²) in [6.45, 7) is 4.11. The van der Waals surface area contributed by atoms with Gasteiger partial charge in [0.15, 0.2) is 6.61 Å². The predicted molar refractivity (Wildman–Crippen MR) is 86.6 cm³/mol. The van der Waals surface area contributed by atoms with Gasteiger partial charge in [0.1, 0.15) is 5.75 Å². The number of hydrogen-bond acceptors (Lipinski definition) is 6. The third kappa shape index (κ3) is 3.40. The van der Waals surface area contributed by atoms with Crippen molar-refractivity contribution in [2.75, 3.05) is 0 Å². The number of hydrogen-bond donors (Lipinski definition) is 0. The van der Waals surface area contributed by atoms with Crippen molar-refractivity contribution >= 4 is 5.69 Å². The van der Waals surface area contributed by atoms with Crippen LogP contribution in [-0.4, -0.2) is 15.1 Å². The lowest BCUT2D eigenvalue weighted by molar-refractivity contribution is -0.384. The second kappa shape index (κ2) is 6.49. The molecule has 3 rings (SSSR count). The van der Waals surface area contributed by atoms with E-state index in [2.05, 4.69) is 10.1 Å². The summed E-state index contributed by atoms with van der Waals surface area (Å²) in [6.07, 6.45) is 0. The lowest BCUT2D eigenvalue weighted by atomic mass is 10.1. The van der Waals surface area contributed by atoms with Crippen LogP contribution < -0.4 is 4.74 Å². The van der Waals surface area contributed by atoms with Gasteiger partial charge in [-0.25, -0.2) is 0 Å². The number of ether oxygens (including phenoxy) is 1. The number of nitro groups is 1. The minimum atomic E-state index is -0.465. The maximum atomic E-state index is 10.8. The van der Waals surface area contributed by atoms with Gasteiger partial charge in [0, 0.05) is 17.7 Å². The van der Waals surface area contributed by atoms with Gasteiger partial charge in [-0.3, -0.25) is 10.1 Å². The summed E-state index contributed by atoms with van der Waals surface area (Å²) in [5, 5.41) is 14.7. The molecule has 0 N–H and O–H groups in total. The highest BCUT2D eigenvalue weighted by Crippen LogP contribution is 2.23. The maximum Gasteiger partial charge on any atom is 0.270 e. The summed E-state index contributed by atoms with van der Waals surface area (Å²) < 4.78 is 10.8. The second-order valence-corrected chi connectivity index (χ2v) is 5.38. The van der Waals surface area contributed by atoms with Gasteiger partial charge in [0.25, 0.3) is 11.6 Å². The number of non-ortho nitro benzene ring substituents is 1. The molecule has 7 heteroatoms. The van der Waals surface area contributed by atoms with Crippen LogP contribution in [0.15, 0.2) is 47.0 Å². The predicted octanol–water partition coefficient (Wildman–Crippen LogP) is 3.84. The Labute approximate surface area is 138 Å². The van der Waals surface area contributed by atoms with Crippen molar-refractivity contribution < 1.29 is 14.2 Å². The molecule has 0 aliphatic carbocycles. The highest BCUT2D eigenvalue weighted by molar-refractivity contribution is 5.58. The van der Waals surface area contributed by atoms with Gasteiger partial charge in [0.05, 0.1) is 4.92 Å². The maximum absolute atomic E-state index is 10.8. The molecule has 3 aromatic rings. The molecule has 1 aromatic heterocycles. The van der Waals surface area contributed by atoms with Gasteiger partial charge >= 0.3 is 0 Å². The number of benzene rings is 2. The van der Waals surface area contributed by atoms with Crippen LogP contribution in [0.25, 0.3) is 11.4 Å². The summed E-state index contributed by atoms with van der Waals surface area (Å²) in [5.41, 5.74) is 2.68. The first-order valence-electron chi connectivity index (χ1n) is 7.30. The van der Waals surface area contributed by atoms with Crippen molar-refractivity contribution in [3.8, 4) is 17.1 Å². The minimum Gasteiger partial charge on any atom is -0.483 e. The largest absolute Gasteiger partial charge is 0.483 e. The summed E-state index contributed by atoms with van der Waals surface area (Å²) in [4.78, 5) is 14.6. The fourth-order valence-corrected chi connectivity index (χ4v) is 2.29. The van der Waals surface area contributed by atoms with E-state index in [0.717, 1.165) is 16.9 Å². The quantitative estimate of drug-likeness (QED) is 0.523. The lowest BCUT2D eigenvalue weighted by Gasteiger charge is -2.07. The van der Waals surface area contributed by atoms with Crippen LogP contribution in [0, 0.1) is 24.0 Å². The van der Waals surface area contributed by atoms with Crippen LogP contribution in [0.1, 0.15) is 17.0 Å². The molecule has 24 heavy (non-hydrogen) atoms. The normalized spacial score (nSPS) is 10.6. The number of nitrogens with zero attached hydrogens (tertiary/aromatic N) is 3. The lowest BCUT2D eigenvalue weighted by Crippen LogP contribution is -1.97. The van der Waals surface area contributed by atoms with E-state index in [0.29, 0.717) is 11.5 Å². The van der Waals surface area contributed by atoms with E-state index in [9.17, 15) is 10.1 Å². The Hall–Kier alpha value is -3.22. The zero-order valence-corrected chi connectivity index (χ0v) is 13.2. The van der Waals surface area contributed by atoms with Gasteiger partial charge in [-0.05, 0) is 25.5 Å². The highest BCUT2D eigenvalue weighted by atomic mass is 16.6. The molecule has 0 bridgehead atoms. The fraction of sp³-hybridized carbons (Fsp3) is 0.176. The van der Waals surface area contributed by atoms with Crippen LogP contribution in [-0.2, 0) is 6.61 Å². The molecule has 0 amide bonds. The van der Waals surface area contributed by atoms with Crippen LogP contribution in [0.4, 0.5) is 5.69 Å². The average Bonchev–Trinajstić information content (AvgIpc) is 3.03. The van der Waals surface area contributed by atoms with E-state index in [-0.39, 0.29) is 18.1 Å². The molecule has 0 radical (unpaired) electrons. The monoisotopic (exact) mass is 325 g/mol. The Morgan fingerprint density at radius 2 is 2.04 bits per heavy atom. The third-order valence-corrected chi connectivity index (χ3v) is 3.46. The number of aryl methyl sites for hydroxylation is 2. The SMILES string of the molecule is Cc1ccc(OCc2nc(-c3cccc([N+](=O)[O-])c3)no2)c(C)c1. The summed E-state index contributed by atoms with van der Waals surface area (Å²) in [7, 11) is 0. The first-order valence-corrected chi connectivity index (χ1v) is 7.30. The summed E-state index contributed by atoms with van der Waals surface area (Å²) in [5.74, 6) is 1.34. The number of rotatable bonds is 5. The molecule has 0 aliphatic rings. The molecule has 122 valence electrons. The zero-order chi connectivity index (χ0) is 17.1. The van der Waals surface area contributed by atoms with E-state index in [4.69, 9.17) is 9.26 Å². The van der Waals surface area contributed by atoms with Crippen LogP contribution in [0.2, 0.25) is 0 Å². The van der Waals surface area contributed by atoms with Gasteiger partial charge in [-0.2, -0.15) is 4.98 Å². The van der Waals surface area contributed by atoms with E-state index in [1.54, 1.807) is 12.1 Å². The Bertz CT molecular complexity index is 889. The molecule has 2 aromatic carbocycles. The van der Waals surface area contributed by atoms with Crippen LogP contribution in [0.5, 0.6) is 5.75 Å². The standard InChI is InChI=1S/C17H15N3O4/c1-11-6-7-15(12(2)8-11)23-10-16-18-17(19-24-16)13-4-3-5-14(9-13)20(21)22/h3-9H,10H2,1-2H3. The van der Waals surface area contributed by atoms with Crippen molar-refractivity contribution in [3.05, 3.63) is 69.6 Å². The molecule has 0 aliphatic heterocycles. The Morgan fingerprint density at radius 1 is 1.21 bits per heavy atom. The van der Waals surface area contributed by atoms with E-state index >= 15 is 0 Å². The first-order chi connectivity index (χ1) is 11.5. The molecule has 0 spiro atoms. The highest BCUT2D eigenvalue weighted by Gasteiger charge is 2.13. The molecular formula is C17H15N3O4. The third-order valence-electron chi connectivity index (χ3n) is 3.46. The van der Waals surface area contributed by atoms with Crippen molar-refractivity contribution in [1.82, 2.24) is 10.1 Å². The van der Waals surface area contributed by atoms with E-state index in [1.807, 2.05) is 32.0 Å². The van der Waals surface area contributed by atoms with Crippen molar-refractivity contribution in [1.29, 1.82) is 0 Å².